The molecule has 0 amide bonds. The molecule has 1 heterocycles. The average molecular weight is 248 g/mol. The summed E-state index contributed by atoms with van der Waals surface area (Å²) in [6.45, 7) is 3.72. The van der Waals surface area contributed by atoms with Gasteiger partial charge in [0.2, 0.25) is 0 Å². The fraction of sp³-hybridized carbons (Fsp3) is 0.533. The summed E-state index contributed by atoms with van der Waals surface area (Å²) < 4.78 is 11.5. The molecule has 0 saturated carbocycles. The lowest BCUT2D eigenvalue weighted by Gasteiger charge is -2.29. The van der Waals surface area contributed by atoms with Crippen molar-refractivity contribution in [2.24, 2.45) is 5.92 Å². The monoisotopic (exact) mass is 248 g/mol. The molecule has 0 aromatic heterocycles. The highest BCUT2D eigenvalue weighted by molar-refractivity contribution is 5.74. The van der Waals surface area contributed by atoms with Gasteiger partial charge in [-0.2, -0.15) is 0 Å². The molecule has 18 heavy (non-hydrogen) atoms. The first-order chi connectivity index (χ1) is 8.83. The number of benzene rings is 1. The van der Waals surface area contributed by atoms with Crippen molar-refractivity contribution >= 4 is 6.29 Å². The molecule has 3 nitrogen and oxygen atoms in total. The Morgan fingerprint density at radius 1 is 1.22 bits per heavy atom. The van der Waals surface area contributed by atoms with Crippen molar-refractivity contribution < 1.29 is 14.3 Å². The lowest BCUT2D eigenvalue weighted by molar-refractivity contribution is -0.206. The number of unbranched alkanes of at least 4 members (excludes halogenated alkanes) is 1. The van der Waals surface area contributed by atoms with Crippen molar-refractivity contribution in [3.05, 3.63) is 35.4 Å². The van der Waals surface area contributed by atoms with Crippen molar-refractivity contribution in [1.29, 1.82) is 0 Å². The van der Waals surface area contributed by atoms with Crippen molar-refractivity contribution in [2.45, 2.75) is 32.5 Å². The Morgan fingerprint density at radius 3 is 2.44 bits per heavy atom. The molecule has 1 aromatic carbocycles. The van der Waals surface area contributed by atoms with E-state index >= 15 is 0 Å². The van der Waals surface area contributed by atoms with E-state index in [1.807, 2.05) is 12.1 Å². The molecule has 1 aliphatic heterocycles. The Hall–Kier alpha value is -1.19. The standard InChI is InChI=1S/C15H20O3/c1-2-3-4-13-10-17-15(18-11-13)14-7-5-12(9-16)6-8-14/h5-9,13,15H,2-4,10-11H2,1H3. The number of hydrogen-bond acceptors (Lipinski definition) is 3. The zero-order chi connectivity index (χ0) is 12.8. The Morgan fingerprint density at radius 2 is 1.89 bits per heavy atom. The van der Waals surface area contributed by atoms with Crippen LogP contribution in [0.25, 0.3) is 0 Å². The fourth-order valence-electron chi connectivity index (χ4n) is 2.13. The van der Waals surface area contributed by atoms with Crippen molar-refractivity contribution in [2.75, 3.05) is 13.2 Å². The highest BCUT2D eigenvalue weighted by Gasteiger charge is 2.22. The second-order valence-electron chi connectivity index (χ2n) is 4.79. The number of aldehydes is 1. The van der Waals surface area contributed by atoms with E-state index in [4.69, 9.17) is 9.47 Å². The summed E-state index contributed by atoms with van der Waals surface area (Å²) in [5.74, 6) is 0.524. The molecule has 0 bridgehead atoms. The van der Waals surface area contributed by atoms with Crippen LogP contribution in [0.3, 0.4) is 0 Å². The van der Waals surface area contributed by atoms with Gasteiger partial charge >= 0.3 is 0 Å². The molecule has 1 fully saturated rings. The van der Waals surface area contributed by atoms with E-state index in [-0.39, 0.29) is 6.29 Å². The van der Waals surface area contributed by atoms with Gasteiger partial charge in [0.05, 0.1) is 13.2 Å². The van der Waals surface area contributed by atoms with Gasteiger partial charge in [-0.3, -0.25) is 4.79 Å². The maximum Gasteiger partial charge on any atom is 0.183 e. The number of carbonyl (C=O) groups excluding carboxylic acids is 1. The van der Waals surface area contributed by atoms with Crippen LogP contribution in [0, 0.1) is 5.92 Å². The first kappa shape index (κ1) is 13.2. The second-order valence-corrected chi connectivity index (χ2v) is 4.79. The van der Waals surface area contributed by atoms with E-state index in [1.165, 1.54) is 19.3 Å². The molecular weight excluding hydrogens is 228 g/mol. The lowest BCUT2D eigenvalue weighted by atomic mass is 10.0. The van der Waals surface area contributed by atoms with E-state index in [0.717, 1.165) is 25.1 Å². The summed E-state index contributed by atoms with van der Waals surface area (Å²) in [6, 6.07) is 7.36. The third-order valence-electron chi connectivity index (χ3n) is 3.28. The van der Waals surface area contributed by atoms with Gasteiger partial charge in [0, 0.05) is 17.0 Å². The summed E-state index contributed by atoms with van der Waals surface area (Å²) in [5, 5.41) is 0. The molecule has 1 aliphatic rings. The molecule has 0 radical (unpaired) electrons. The molecule has 3 heteroatoms. The molecule has 0 N–H and O–H groups in total. The predicted octanol–water partition coefficient (Wildman–Crippen LogP) is 3.35. The normalized spacial score (nSPS) is 23.8. The molecule has 0 aliphatic carbocycles. The third-order valence-corrected chi connectivity index (χ3v) is 3.28. The lowest BCUT2D eigenvalue weighted by Crippen LogP contribution is -2.27. The molecule has 1 saturated heterocycles. The van der Waals surface area contributed by atoms with Crippen LogP contribution in [0.15, 0.2) is 24.3 Å². The van der Waals surface area contributed by atoms with Crippen molar-refractivity contribution in [3.8, 4) is 0 Å². The van der Waals surface area contributed by atoms with Gasteiger partial charge in [-0.05, 0) is 6.42 Å². The van der Waals surface area contributed by atoms with Gasteiger partial charge < -0.3 is 9.47 Å². The largest absolute Gasteiger partial charge is 0.348 e. The van der Waals surface area contributed by atoms with Gasteiger partial charge in [-0.15, -0.1) is 0 Å². The highest BCUT2D eigenvalue weighted by atomic mass is 16.7. The van der Waals surface area contributed by atoms with Gasteiger partial charge in [0.1, 0.15) is 6.29 Å². The Kier molecular flexibility index (Phi) is 4.90. The topological polar surface area (TPSA) is 35.5 Å². The van der Waals surface area contributed by atoms with E-state index < -0.39 is 0 Å². The average Bonchev–Trinajstić information content (AvgIpc) is 2.46. The van der Waals surface area contributed by atoms with Crippen LogP contribution in [0.2, 0.25) is 0 Å². The van der Waals surface area contributed by atoms with Gasteiger partial charge in [0.25, 0.3) is 0 Å². The van der Waals surface area contributed by atoms with Crippen molar-refractivity contribution in [1.82, 2.24) is 0 Å². The number of carbonyl (C=O) groups is 1. The zero-order valence-electron chi connectivity index (χ0n) is 10.8. The molecule has 0 unspecified atom stereocenters. The zero-order valence-corrected chi connectivity index (χ0v) is 10.8. The van der Waals surface area contributed by atoms with E-state index in [1.54, 1.807) is 12.1 Å². The molecule has 1 aromatic rings. The highest BCUT2D eigenvalue weighted by Crippen LogP contribution is 2.27. The third kappa shape index (κ3) is 3.40. The minimum atomic E-state index is -0.274. The second kappa shape index (κ2) is 6.66. The maximum atomic E-state index is 10.6. The number of hydrogen-bond donors (Lipinski definition) is 0. The van der Waals surface area contributed by atoms with Crippen LogP contribution in [0.5, 0.6) is 0 Å². The van der Waals surface area contributed by atoms with Crippen LogP contribution in [0.1, 0.15) is 48.4 Å². The van der Waals surface area contributed by atoms with Gasteiger partial charge in [-0.25, -0.2) is 0 Å². The first-order valence-corrected chi connectivity index (χ1v) is 6.62. The SMILES string of the molecule is CCCCC1COC(c2ccc(C=O)cc2)OC1. The minimum Gasteiger partial charge on any atom is -0.348 e. The molecule has 0 atom stereocenters. The summed E-state index contributed by atoms with van der Waals surface area (Å²) in [4.78, 5) is 10.6. The Labute approximate surface area is 108 Å². The van der Waals surface area contributed by atoms with Crippen LogP contribution in [0.4, 0.5) is 0 Å². The van der Waals surface area contributed by atoms with E-state index in [9.17, 15) is 4.79 Å². The van der Waals surface area contributed by atoms with E-state index in [0.29, 0.717) is 11.5 Å². The molecule has 0 spiro atoms. The summed E-state index contributed by atoms with van der Waals surface area (Å²) in [7, 11) is 0. The summed E-state index contributed by atoms with van der Waals surface area (Å²) in [6.07, 6.45) is 4.19. The summed E-state index contributed by atoms with van der Waals surface area (Å²) in [5.41, 5.74) is 1.66. The number of ether oxygens (including phenoxy) is 2. The minimum absolute atomic E-state index is 0.274. The van der Waals surface area contributed by atoms with Crippen LogP contribution < -0.4 is 0 Å². The molecular formula is C15H20O3. The van der Waals surface area contributed by atoms with E-state index in [2.05, 4.69) is 6.92 Å². The van der Waals surface area contributed by atoms with Crippen LogP contribution >= 0.6 is 0 Å². The summed E-state index contributed by atoms with van der Waals surface area (Å²) >= 11 is 0. The van der Waals surface area contributed by atoms with Gasteiger partial charge in [0.15, 0.2) is 6.29 Å². The number of rotatable bonds is 5. The van der Waals surface area contributed by atoms with Crippen LogP contribution in [-0.4, -0.2) is 19.5 Å². The van der Waals surface area contributed by atoms with Crippen molar-refractivity contribution in [3.63, 3.8) is 0 Å². The predicted molar refractivity (Wildman–Crippen MR) is 69.5 cm³/mol. The molecule has 98 valence electrons. The maximum absolute atomic E-state index is 10.6. The van der Waals surface area contributed by atoms with Crippen LogP contribution in [-0.2, 0) is 9.47 Å². The molecule has 2 rings (SSSR count). The van der Waals surface area contributed by atoms with Gasteiger partial charge in [-0.1, -0.05) is 44.0 Å². The smallest absolute Gasteiger partial charge is 0.183 e. The Balaban J connectivity index is 1.86. The Bertz CT molecular complexity index is 364. The first-order valence-electron chi connectivity index (χ1n) is 6.62. The quantitative estimate of drug-likeness (QED) is 0.750. The fourth-order valence-corrected chi connectivity index (χ4v) is 2.13.